The summed E-state index contributed by atoms with van der Waals surface area (Å²) >= 11 is 0. The third-order valence-corrected chi connectivity index (χ3v) is 5.49. The van der Waals surface area contributed by atoms with Crippen LogP contribution >= 0.6 is 0 Å². The highest BCUT2D eigenvalue weighted by atomic mass is 16.5. The maximum absolute atomic E-state index is 9.87. The minimum atomic E-state index is -0.0487. The van der Waals surface area contributed by atoms with Crippen molar-refractivity contribution in [3.05, 3.63) is 11.6 Å². The second-order valence-electron chi connectivity index (χ2n) is 6.40. The lowest BCUT2D eigenvalue weighted by Gasteiger charge is -2.55. The topological polar surface area (TPSA) is 29.5 Å². The smallest absolute Gasteiger partial charge is 0.0643 e. The van der Waals surface area contributed by atoms with Gasteiger partial charge in [0, 0.05) is 11.3 Å². The van der Waals surface area contributed by atoms with E-state index in [1.807, 2.05) is 0 Å². The molecule has 0 aromatic rings. The average Bonchev–Trinajstić information content (AvgIpc) is 2.34. The molecule has 1 aliphatic carbocycles. The zero-order valence-electron chi connectivity index (χ0n) is 12.3. The van der Waals surface area contributed by atoms with Gasteiger partial charge in [0.25, 0.3) is 0 Å². The van der Waals surface area contributed by atoms with Crippen LogP contribution in [0.1, 0.15) is 47.0 Å². The van der Waals surface area contributed by atoms with Crippen molar-refractivity contribution in [2.75, 3.05) is 13.2 Å². The Morgan fingerprint density at radius 1 is 1.44 bits per heavy atom. The summed E-state index contributed by atoms with van der Waals surface area (Å²) in [5.41, 5.74) is 1.42. The van der Waals surface area contributed by atoms with Crippen LogP contribution in [0.25, 0.3) is 0 Å². The van der Waals surface area contributed by atoms with E-state index < -0.39 is 0 Å². The average molecular weight is 252 g/mol. The third-order valence-electron chi connectivity index (χ3n) is 5.49. The van der Waals surface area contributed by atoms with E-state index in [2.05, 4.69) is 33.8 Å². The second kappa shape index (κ2) is 5.34. The van der Waals surface area contributed by atoms with E-state index in [9.17, 15) is 5.11 Å². The number of aliphatic hydroxyl groups is 1. The predicted octanol–water partition coefficient (Wildman–Crippen LogP) is 3.40. The minimum absolute atomic E-state index is 0.0487. The fourth-order valence-corrected chi connectivity index (χ4v) is 4.08. The molecule has 0 aromatic heterocycles. The van der Waals surface area contributed by atoms with Gasteiger partial charge >= 0.3 is 0 Å². The van der Waals surface area contributed by atoms with Crippen molar-refractivity contribution in [2.45, 2.75) is 53.1 Å². The molecule has 18 heavy (non-hydrogen) atoms. The molecule has 2 heteroatoms. The standard InChI is InChI=1S/C16H28O2/c1-5-6-7-14-15-11(2)8-12(3)16(9-17,10-18-14)13(15)4/h8,12-15,17H,5-7,9-10H2,1-4H3/t12-,13-,14+,15-,16+/m1/s1. The van der Waals surface area contributed by atoms with Gasteiger partial charge in [0.1, 0.15) is 0 Å². The van der Waals surface area contributed by atoms with Gasteiger partial charge in [-0.05, 0) is 25.2 Å². The van der Waals surface area contributed by atoms with Gasteiger partial charge in [0.05, 0.1) is 19.3 Å². The minimum Gasteiger partial charge on any atom is -0.396 e. The van der Waals surface area contributed by atoms with Crippen molar-refractivity contribution in [3.8, 4) is 0 Å². The number of unbranched alkanes of at least 4 members (excludes halogenated alkanes) is 1. The van der Waals surface area contributed by atoms with Crippen LogP contribution in [0.5, 0.6) is 0 Å². The van der Waals surface area contributed by atoms with E-state index in [4.69, 9.17) is 4.74 Å². The highest BCUT2D eigenvalue weighted by Gasteiger charge is 2.52. The molecule has 2 nitrogen and oxygen atoms in total. The molecule has 0 saturated carbocycles. The monoisotopic (exact) mass is 252 g/mol. The zero-order chi connectivity index (χ0) is 13.3. The Balaban J connectivity index is 2.26. The third kappa shape index (κ3) is 2.04. The van der Waals surface area contributed by atoms with Crippen molar-refractivity contribution < 1.29 is 9.84 Å². The van der Waals surface area contributed by atoms with Crippen molar-refractivity contribution in [1.29, 1.82) is 0 Å². The molecule has 1 heterocycles. The van der Waals surface area contributed by atoms with Gasteiger partial charge in [-0.25, -0.2) is 0 Å². The van der Waals surface area contributed by atoms with Crippen LogP contribution in [-0.2, 0) is 4.74 Å². The summed E-state index contributed by atoms with van der Waals surface area (Å²) in [4.78, 5) is 0. The largest absolute Gasteiger partial charge is 0.396 e. The van der Waals surface area contributed by atoms with E-state index in [-0.39, 0.29) is 12.0 Å². The summed E-state index contributed by atoms with van der Waals surface area (Å²) in [6.45, 7) is 9.98. The van der Waals surface area contributed by atoms with Gasteiger partial charge in [-0.15, -0.1) is 0 Å². The Bertz CT molecular complexity index is 323. The molecule has 1 saturated heterocycles. The van der Waals surface area contributed by atoms with Crippen molar-refractivity contribution in [3.63, 3.8) is 0 Å². The lowest BCUT2D eigenvalue weighted by Crippen LogP contribution is -2.56. The van der Waals surface area contributed by atoms with Crippen molar-refractivity contribution in [2.24, 2.45) is 23.2 Å². The molecule has 0 spiro atoms. The zero-order valence-corrected chi connectivity index (χ0v) is 12.3. The first-order chi connectivity index (χ1) is 8.56. The van der Waals surface area contributed by atoms with E-state index in [0.29, 0.717) is 23.9 Å². The molecular weight excluding hydrogens is 224 g/mol. The molecule has 0 radical (unpaired) electrons. The van der Waals surface area contributed by atoms with Crippen LogP contribution in [-0.4, -0.2) is 24.4 Å². The van der Waals surface area contributed by atoms with Crippen LogP contribution < -0.4 is 0 Å². The maximum atomic E-state index is 9.87. The molecule has 2 bridgehead atoms. The Hall–Kier alpha value is -0.340. The number of ether oxygens (including phenoxy) is 1. The molecule has 0 aromatic carbocycles. The van der Waals surface area contributed by atoms with Gasteiger partial charge in [0.2, 0.25) is 0 Å². The van der Waals surface area contributed by atoms with Gasteiger partial charge in [0.15, 0.2) is 0 Å². The lowest BCUT2D eigenvalue weighted by molar-refractivity contribution is -0.164. The summed E-state index contributed by atoms with van der Waals surface area (Å²) < 4.78 is 6.15. The summed E-state index contributed by atoms with van der Waals surface area (Å²) in [7, 11) is 0. The van der Waals surface area contributed by atoms with Gasteiger partial charge in [-0.3, -0.25) is 0 Å². The van der Waals surface area contributed by atoms with E-state index >= 15 is 0 Å². The second-order valence-corrected chi connectivity index (χ2v) is 6.40. The molecule has 1 aliphatic heterocycles. The van der Waals surface area contributed by atoms with Crippen molar-refractivity contribution in [1.82, 2.24) is 0 Å². The van der Waals surface area contributed by atoms with Crippen molar-refractivity contribution >= 4 is 0 Å². The maximum Gasteiger partial charge on any atom is 0.0643 e. The number of hydrogen-bond acceptors (Lipinski definition) is 2. The number of allylic oxidation sites excluding steroid dienone is 1. The van der Waals surface area contributed by atoms with Gasteiger partial charge in [-0.1, -0.05) is 45.3 Å². The normalized spacial score (nSPS) is 43.7. The summed E-state index contributed by atoms with van der Waals surface area (Å²) in [6, 6.07) is 0. The Morgan fingerprint density at radius 3 is 2.78 bits per heavy atom. The summed E-state index contributed by atoms with van der Waals surface area (Å²) in [5.74, 6) is 1.45. The van der Waals surface area contributed by atoms with Crippen LogP contribution in [0.2, 0.25) is 0 Å². The van der Waals surface area contributed by atoms with Crippen LogP contribution in [0.4, 0.5) is 0 Å². The highest BCUT2D eigenvalue weighted by molar-refractivity contribution is 5.20. The molecule has 104 valence electrons. The molecule has 1 N–H and O–H groups in total. The van der Waals surface area contributed by atoms with E-state index in [1.54, 1.807) is 0 Å². The number of fused-ring (bicyclic) bond motifs is 2. The first-order valence-corrected chi connectivity index (χ1v) is 7.47. The first-order valence-electron chi connectivity index (χ1n) is 7.47. The summed E-state index contributed by atoms with van der Waals surface area (Å²) in [5, 5.41) is 9.87. The van der Waals surface area contributed by atoms with Crippen LogP contribution in [0.15, 0.2) is 11.6 Å². The molecule has 0 unspecified atom stereocenters. The SMILES string of the molecule is CCCC[C@@H]1OC[C@@]2(CO)[C@H](C)C=C(C)[C@@H]1[C@H]2C. The molecule has 5 atom stereocenters. The molecular formula is C16H28O2. The first kappa shape index (κ1) is 14.1. The molecule has 2 rings (SSSR count). The fraction of sp³-hybridized carbons (Fsp3) is 0.875. The van der Waals surface area contributed by atoms with E-state index in [0.717, 1.165) is 13.0 Å². The molecule has 1 fully saturated rings. The predicted molar refractivity (Wildman–Crippen MR) is 74.4 cm³/mol. The highest BCUT2D eigenvalue weighted by Crippen LogP contribution is 2.52. The number of aliphatic hydroxyl groups excluding tert-OH is 1. The Morgan fingerprint density at radius 2 is 2.17 bits per heavy atom. The van der Waals surface area contributed by atoms with E-state index in [1.165, 1.54) is 18.4 Å². The lowest BCUT2D eigenvalue weighted by atomic mass is 9.56. The quantitative estimate of drug-likeness (QED) is 0.777. The van der Waals surface area contributed by atoms with Gasteiger partial charge < -0.3 is 9.84 Å². The van der Waals surface area contributed by atoms with Crippen LogP contribution in [0, 0.1) is 23.2 Å². The van der Waals surface area contributed by atoms with Gasteiger partial charge in [-0.2, -0.15) is 0 Å². The summed E-state index contributed by atoms with van der Waals surface area (Å²) in [6.07, 6.45) is 6.37. The fourth-order valence-electron chi connectivity index (χ4n) is 4.08. The Labute approximate surface area is 111 Å². The number of rotatable bonds is 4. The molecule has 2 aliphatic rings. The van der Waals surface area contributed by atoms with Crippen LogP contribution in [0.3, 0.4) is 0 Å². The number of hydrogen-bond donors (Lipinski definition) is 1. The molecule has 0 amide bonds. The Kier molecular flexibility index (Phi) is 4.18.